The fourth-order valence-corrected chi connectivity index (χ4v) is 3.48. The summed E-state index contributed by atoms with van der Waals surface area (Å²) < 4.78 is 1.88. The van der Waals surface area contributed by atoms with Crippen LogP contribution in [0.1, 0.15) is 49.1 Å². The minimum absolute atomic E-state index is 0.101. The van der Waals surface area contributed by atoms with E-state index in [0.29, 0.717) is 17.1 Å². The third kappa shape index (κ3) is 4.49. The van der Waals surface area contributed by atoms with Crippen molar-refractivity contribution >= 4 is 23.2 Å². The molecular formula is C23H23Cl2NO2. The molecule has 0 saturated carbocycles. The van der Waals surface area contributed by atoms with E-state index in [9.17, 15) is 9.90 Å². The Morgan fingerprint density at radius 1 is 1.00 bits per heavy atom. The van der Waals surface area contributed by atoms with Crippen molar-refractivity contribution in [1.82, 2.24) is 4.57 Å². The first-order chi connectivity index (χ1) is 13.2. The Hall–Kier alpha value is -2.07. The molecule has 0 bridgehead atoms. The third-order valence-electron chi connectivity index (χ3n) is 4.76. The standard InChI is InChI=1S/C23H23Cl2NO2/c1-23(2,3)16-9-7-15(8-10-16)13-26-12-11-20(27)18(14-26)22(28)17-5-4-6-19(24)21(17)25/h4-12,14,22,28H,13H2,1-3H3. The smallest absolute Gasteiger partial charge is 0.187 e. The molecule has 0 fully saturated rings. The first-order valence-corrected chi connectivity index (χ1v) is 9.84. The highest BCUT2D eigenvalue weighted by molar-refractivity contribution is 6.42. The zero-order valence-electron chi connectivity index (χ0n) is 16.1. The van der Waals surface area contributed by atoms with Gasteiger partial charge in [0.05, 0.1) is 10.0 Å². The second kappa shape index (κ2) is 8.12. The highest BCUT2D eigenvalue weighted by Gasteiger charge is 2.19. The van der Waals surface area contributed by atoms with Crippen molar-refractivity contribution in [1.29, 1.82) is 0 Å². The van der Waals surface area contributed by atoms with Gasteiger partial charge in [-0.1, -0.05) is 80.4 Å². The number of aliphatic hydroxyl groups is 1. The Labute approximate surface area is 175 Å². The van der Waals surface area contributed by atoms with E-state index in [0.717, 1.165) is 5.56 Å². The number of benzene rings is 2. The Morgan fingerprint density at radius 3 is 2.32 bits per heavy atom. The number of nitrogens with zero attached hydrogens (tertiary/aromatic N) is 1. The zero-order valence-corrected chi connectivity index (χ0v) is 17.6. The normalized spacial score (nSPS) is 12.8. The molecule has 0 radical (unpaired) electrons. The van der Waals surface area contributed by atoms with Crippen LogP contribution in [0.2, 0.25) is 10.0 Å². The molecule has 0 saturated heterocycles. The van der Waals surface area contributed by atoms with Crippen molar-refractivity contribution in [3.8, 4) is 0 Å². The zero-order chi connectivity index (χ0) is 20.5. The topological polar surface area (TPSA) is 42.2 Å². The predicted molar refractivity (Wildman–Crippen MR) is 115 cm³/mol. The minimum atomic E-state index is -1.14. The van der Waals surface area contributed by atoms with Crippen LogP contribution in [0.15, 0.2) is 65.7 Å². The molecule has 28 heavy (non-hydrogen) atoms. The number of hydrogen-bond donors (Lipinski definition) is 1. The van der Waals surface area contributed by atoms with Crippen LogP contribution >= 0.6 is 23.2 Å². The summed E-state index contributed by atoms with van der Waals surface area (Å²) in [5.74, 6) is 0. The van der Waals surface area contributed by atoms with E-state index >= 15 is 0 Å². The fraction of sp³-hybridized carbons (Fsp3) is 0.261. The van der Waals surface area contributed by atoms with Gasteiger partial charge in [-0.25, -0.2) is 0 Å². The molecule has 0 spiro atoms. The van der Waals surface area contributed by atoms with Crippen LogP contribution in [0.3, 0.4) is 0 Å². The number of aromatic nitrogens is 1. The molecule has 0 aliphatic carbocycles. The Morgan fingerprint density at radius 2 is 1.68 bits per heavy atom. The van der Waals surface area contributed by atoms with E-state index in [1.807, 2.05) is 4.57 Å². The van der Waals surface area contributed by atoms with Gasteiger partial charge < -0.3 is 9.67 Å². The summed E-state index contributed by atoms with van der Waals surface area (Å²) in [4.78, 5) is 12.3. The number of rotatable bonds is 4. The molecule has 3 rings (SSSR count). The van der Waals surface area contributed by atoms with Crippen LogP contribution in [0, 0.1) is 0 Å². The fourth-order valence-electron chi connectivity index (χ4n) is 3.07. The molecule has 1 atom stereocenters. The molecule has 0 amide bonds. The van der Waals surface area contributed by atoms with Gasteiger partial charge in [0.25, 0.3) is 0 Å². The molecule has 1 aromatic heterocycles. The Kier molecular flexibility index (Phi) is 5.99. The largest absolute Gasteiger partial charge is 0.383 e. The number of pyridine rings is 1. The summed E-state index contributed by atoms with van der Waals surface area (Å²) in [7, 11) is 0. The van der Waals surface area contributed by atoms with Crippen LogP contribution in [0.4, 0.5) is 0 Å². The lowest BCUT2D eigenvalue weighted by molar-refractivity contribution is 0.218. The average Bonchev–Trinajstić information content (AvgIpc) is 2.65. The molecule has 5 heteroatoms. The highest BCUT2D eigenvalue weighted by atomic mass is 35.5. The van der Waals surface area contributed by atoms with E-state index in [1.165, 1.54) is 11.6 Å². The number of halogens is 2. The van der Waals surface area contributed by atoms with Crippen molar-refractivity contribution < 1.29 is 5.11 Å². The molecule has 146 valence electrons. The molecule has 1 N–H and O–H groups in total. The monoisotopic (exact) mass is 415 g/mol. The highest BCUT2D eigenvalue weighted by Crippen LogP contribution is 2.32. The van der Waals surface area contributed by atoms with Gasteiger partial charge in [-0.15, -0.1) is 0 Å². The summed E-state index contributed by atoms with van der Waals surface area (Å²) in [5.41, 5.74) is 2.91. The second-order valence-electron chi connectivity index (χ2n) is 7.93. The molecule has 3 nitrogen and oxygen atoms in total. The molecular weight excluding hydrogens is 393 g/mol. The summed E-state index contributed by atoms with van der Waals surface area (Å²) >= 11 is 12.3. The van der Waals surface area contributed by atoms with Crippen LogP contribution in [0.25, 0.3) is 0 Å². The van der Waals surface area contributed by atoms with Crippen molar-refractivity contribution in [2.45, 2.75) is 38.8 Å². The Balaban J connectivity index is 1.89. The van der Waals surface area contributed by atoms with Crippen molar-refractivity contribution in [2.75, 3.05) is 0 Å². The van der Waals surface area contributed by atoms with E-state index in [4.69, 9.17) is 23.2 Å². The molecule has 2 aromatic carbocycles. The molecule has 1 unspecified atom stereocenters. The lowest BCUT2D eigenvalue weighted by Crippen LogP contribution is -2.17. The predicted octanol–water partition coefficient (Wildman–Crippen LogP) is 5.58. The Bertz CT molecular complexity index is 1030. The average molecular weight is 416 g/mol. The van der Waals surface area contributed by atoms with Crippen LogP contribution < -0.4 is 5.43 Å². The van der Waals surface area contributed by atoms with E-state index in [-0.39, 0.29) is 21.4 Å². The summed E-state index contributed by atoms with van der Waals surface area (Å²) in [5, 5.41) is 11.3. The van der Waals surface area contributed by atoms with Gasteiger partial charge in [-0.3, -0.25) is 4.79 Å². The molecule has 1 heterocycles. The maximum atomic E-state index is 12.3. The minimum Gasteiger partial charge on any atom is -0.383 e. The summed E-state index contributed by atoms with van der Waals surface area (Å²) in [6.07, 6.45) is 2.24. The van der Waals surface area contributed by atoms with Crippen LogP contribution in [-0.4, -0.2) is 9.67 Å². The summed E-state index contributed by atoms with van der Waals surface area (Å²) in [6.45, 7) is 7.13. The van der Waals surface area contributed by atoms with Gasteiger partial charge in [0, 0.05) is 36.1 Å². The first-order valence-electron chi connectivity index (χ1n) is 9.08. The quantitative estimate of drug-likeness (QED) is 0.603. The van der Waals surface area contributed by atoms with Crippen molar-refractivity contribution in [2.24, 2.45) is 0 Å². The van der Waals surface area contributed by atoms with E-state index in [2.05, 4.69) is 45.0 Å². The van der Waals surface area contributed by atoms with Gasteiger partial charge in [0.2, 0.25) is 0 Å². The molecule has 0 aliphatic heterocycles. The van der Waals surface area contributed by atoms with E-state index < -0.39 is 6.10 Å². The van der Waals surface area contributed by atoms with Gasteiger partial charge >= 0.3 is 0 Å². The van der Waals surface area contributed by atoms with Gasteiger partial charge in [0.15, 0.2) is 5.43 Å². The lowest BCUT2D eigenvalue weighted by Gasteiger charge is -2.19. The maximum Gasteiger partial charge on any atom is 0.187 e. The van der Waals surface area contributed by atoms with Gasteiger partial charge in [-0.05, 0) is 22.6 Å². The van der Waals surface area contributed by atoms with Crippen LogP contribution in [0.5, 0.6) is 0 Å². The molecule has 0 aliphatic rings. The second-order valence-corrected chi connectivity index (χ2v) is 8.71. The SMILES string of the molecule is CC(C)(C)c1ccc(Cn2ccc(=O)c(C(O)c3cccc(Cl)c3Cl)c2)cc1. The van der Waals surface area contributed by atoms with E-state index in [1.54, 1.807) is 30.6 Å². The lowest BCUT2D eigenvalue weighted by atomic mass is 9.87. The van der Waals surface area contributed by atoms with Crippen LogP contribution in [-0.2, 0) is 12.0 Å². The number of aliphatic hydroxyl groups excluding tert-OH is 1. The summed E-state index contributed by atoms with van der Waals surface area (Å²) in [6, 6.07) is 14.9. The first kappa shape index (κ1) is 20.7. The van der Waals surface area contributed by atoms with Gasteiger partial charge in [0.1, 0.15) is 6.10 Å². The van der Waals surface area contributed by atoms with Crippen molar-refractivity contribution in [3.63, 3.8) is 0 Å². The number of hydrogen-bond acceptors (Lipinski definition) is 2. The third-order valence-corrected chi connectivity index (χ3v) is 5.60. The molecule has 3 aromatic rings. The van der Waals surface area contributed by atoms with Crippen molar-refractivity contribution in [3.05, 3.63) is 103 Å². The van der Waals surface area contributed by atoms with Gasteiger partial charge in [-0.2, -0.15) is 0 Å². The maximum absolute atomic E-state index is 12.3.